The summed E-state index contributed by atoms with van der Waals surface area (Å²) < 4.78 is 53.1. The lowest BCUT2D eigenvalue weighted by Crippen LogP contribution is -2.67. The molecule has 0 N–H and O–H groups in total. The molecule has 0 bridgehead atoms. The lowest BCUT2D eigenvalue weighted by Gasteiger charge is -2.44. The van der Waals surface area contributed by atoms with E-state index in [9.17, 15) is 0 Å². The van der Waals surface area contributed by atoms with Gasteiger partial charge in [0.05, 0.1) is 13.2 Å². The van der Waals surface area contributed by atoms with Gasteiger partial charge in [0.15, 0.2) is 12.6 Å². The highest BCUT2D eigenvalue weighted by atomic mass is 28.4. The van der Waals surface area contributed by atoms with Crippen LogP contribution in [0.25, 0.3) is 11.1 Å². The molecule has 6 aromatic carbocycles. The average molecular weight is 975 g/mol. The highest BCUT2D eigenvalue weighted by molar-refractivity contribution is 7.00. The van der Waals surface area contributed by atoms with Crippen molar-refractivity contribution in [1.29, 1.82) is 0 Å². The monoisotopic (exact) mass is 974 g/mol. The van der Waals surface area contributed by atoms with Crippen molar-refractivity contribution in [3.05, 3.63) is 194 Å². The van der Waals surface area contributed by atoms with Crippen molar-refractivity contribution in [2.45, 2.75) is 102 Å². The van der Waals surface area contributed by atoms with E-state index in [-0.39, 0.29) is 10.1 Å². The maximum Gasteiger partial charge on any atom is 0.261 e. The molecule has 70 heavy (non-hydrogen) atoms. The predicted molar refractivity (Wildman–Crippen MR) is 287 cm³/mol. The molecule has 0 radical (unpaired) electrons. The first kappa shape index (κ1) is 51.0. The van der Waals surface area contributed by atoms with E-state index in [1.165, 1.54) is 20.7 Å². The summed E-state index contributed by atoms with van der Waals surface area (Å²) in [4.78, 5) is 0. The second-order valence-corrected chi connectivity index (χ2v) is 28.5. The van der Waals surface area contributed by atoms with E-state index in [4.69, 9.17) is 37.3 Å². The molecule has 0 saturated carbocycles. The minimum atomic E-state index is -2.84. The summed E-state index contributed by atoms with van der Waals surface area (Å²) in [5.74, 6) is 1.46. The molecule has 0 fully saturated rings. The first-order chi connectivity index (χ1) is 33.8. The molecule has 0 saturated heterocycles. The summed E-state index contributed by atoms with van der Waals surface area (Å²) in [7, 11) is -5.67. The van der Waals surface area contributed by atoms with Crippen molar-refractivity contribution in [2.75, 3.05) is 26.4 Å². The van der Waals surface area contributed by atoms with E-state index in [2.05, 4.69) is 187 Å². The fourth-order valence-corrected chi connectivity index (χ4v) is 19.1. The predicted octanol–water partition coefficient (Wildman–Crippen LogP) is 10.6. The van der Waals surface area contributed by atoms with Gasteiger partial charge in [-0.3, -0.25) is 0 Å². The van der Waals surface area contributed by atoms with Gasteiger partial charge in [0.25, 0.3) is 16.6 Å². The van der Waals surface area contributed by atoms with Gasteiger partial charge in [0, 0.05) is 13.2 Å². The van der Waals surface area contributed by atoms with Gasteiger partial charge in [-0.1, -0.05) is 187 Å². The van der Waals surface area contributed by atoms with Crippen LogP contribution in [-0.4, -0.2) is 80.1 Å². The lowest BCUT2D eigenvalue weighted by atomic mass is 10.1. The summed E-state index contributed by atoms with van der Waals surface area (Å²) in [6.07, 6.45) is 5.32. The third-order valence-electron chi connectivity index (χ3n) is 13.3. The van der Waals surface area contributed by atoms with Gasteiger partial charge >= 0.3 is 0 Å². The molecule has 6 atom stereocenters. The van der Waals surface area contributed by atoms with Crippen LogP contribution in [-0.2, 0) is 27.8 Å². The zero-order valence-corrected chi connectivity index (χ0v) is 44.0. The Kier molecular flexibility index (Phi) is 16.6. The molecule has 0 aliphatic carbocycles. The Morgan fingerprint density at radius 3 is 0.971 bits per heavy atom. The second kappa shape index (κ2) is 22.8. The van der Waals surface area contributed by atoms with Crippen LogP contribution in [0.15, 0.2) is 194 Å². The summed E-state index contributed by atoms with van der Waals surface area (Å²) in [6, 6.07) is 59.1. The SMILES string of the molecule is CCO[C@@H]1C=C[C@H](Oc2ccc(-c3ccc(O[C@H]4C=C[C@@H](OCC)O[C@@H]4CO[Si](c4ccccc4)(c4ccccc4)C(C)(C)C)cc3)cc2)[C@@H](CO[Si](c2ccccc2)(c2ccccc2)C(C)(C)C)O1. The summed E-state index contributed by atoms with van der Waals surface area (Å²) in [6.45, 7) is 19.3. The van der Waals surface area contributed by atoms with E-state index in [0.29, 0.717) is 26.4 Å². The number of rotatable bonds is 19. The maximum atomic E-state index is 7.34. The maximum absolute atomic E-state index is 7.34. The highest BCUT2D eigenvalue weighted by Crippen LogP contribution is 2.39. The van der Waals surface area contributed by atoms with E-state index >= 15 is 0 Å². The van der Waals surface area contributed by atoms with Crippen molar-refractivity contribution in [1.82, 2.24) is 0 Å². The molecule has 2 heterocycles. The molecule has 6 aromatic rings. The standard InChI is InChI=1S/C60H70O8Si2/c1-9-61-57-41-39-53(55(67-57)43-63-69(59(3,4)5,49-23-15-11-16-24-49)50-25-17-12-18-26-50)65-47-35-31-45(32-36-47)46-33-37-48(38-34-46)66-54-40-42-58(62-10-2)68-56(54)44-64-70(60(6,7)8,51-27-19-13-20-28-51)52-29-21-14-22-30-52/h11-42,53-58H,9-10,43-44H2,1-8H3/t53-,54-,55+,56+,57-,58-/m0/s1. The Hall–Kier alpha value is -5.41. The Labute approximate surface area is 418 Å². The Bertz CT molecular complexity index is 2320. The van der Waals surface area contributed by atoms with E-state index in [1.54, 1.807) is 0 Å². The number of ether oxygens (including phenoxy) is 6. The van der Waals surface area contributed by atoms with Crippen LogP contribution in [0, 0.1) is 0 Å². The van der Waals surface area contributed by atoms with Gasteiger partial charge in [0.2, 0.25) is 0 Å². The third kappa shape index (κ3) is 11.4. The van der Waals surface area contributed by atoms with Gasteiger partial charge in [-0.2, -0.15) is 0 Å². The molecule has 0 unspecified atom stereocenters. The Balaban J connectivity index is 0.972. The Morgan fingerprint density at radius 1 is 0.400 bits per heavy atom. The van der Waals surface area contributed by atoms with Crippen molar-refractivity contribution < 1.29 is 37.3 Å². The zero-order valence-electron chi connectivity index (χ0n) is 42.0. The minimum Gasteiger partial charge on any atom is -0.484 e. The first-order valence-electron chi connectivity index (χ1n) is 24.8. The zero-order chi connectivity index (χ0) is 49.2. The van der Waals surface area contributed by atoms with E-state index in [0.717, 1.165) is 22.6 Å². The topological polar surface area (TPSA) is 73.8 Å². The van der Waals surface area contributed by atoms with Crippen molar-refractivity contribution in [3.63, 3.8) is 0 Å². The van der Waals surface area contributed by atoms with Crippen LogP contribution < -0.4 is 30.2 Å². The number of benzene rings is 6. The number of hydrogen-bond acceptors (Lipinski definition) is 8. The molecule has 2 aliphatic rings. The lowest BCUT2D eigenvalue weighted by molar-refractivity contribution is -0.173. The molecule has 10 heteroatoms. The van der Waals surface area contributed by atoms with Crippen LogP contribution >= 0.6 is 0 Å². The van der Waals surface area contributed by atoms with E-state index in [1.807, 2.05) is 62.4 Å². The van der Waals surface area contributed by atoms with Crippen LogP contribution in [0.5, 0.6) is 11.5 Å². The molecule has 8 rings (SSSR count). The second-order valence-electron chi connectivity index (χ2n) is 19.9. The van der Waals surface area contributed by atoms with Crippen LogP contribution in [0.3, 0.4) is 0 Å². The largest absolute Gasteiger partial charge is 0.484 e. The highest BCUT2D eigenvalue weighted by Gasteiger charge is 2.52. The fourth-order valence-electron chi connectivity index (χ4n) is 9.96. The summed E-state index contributed by atoms with van der Waals surface area (Å²) in [5.41, 5.74) is 2.10. The average Bonchev–Trinajstić information content (AvgIpc) is 3.37. The Morgan fingerprint density at radius 2 is 0.700 bits per heavy atom. The van der Waals surface area contributed by atoms with Crippen LogP contribution in [0.1, 0.15) is 55.4 Å². The smallest absolute Gasteiger partial charge is 0.261 e. The normalized spacial score (nSPS) is 20.8. The van der Waals surface area contributed by atoms with Crippen molar-refractivity contribution in [2.24, 2.45) is 0 Å². The number of hydrogen-bond donors (Lipinski definition) is 0. The molecule has 2 aliphatic heterocycles. The molecule has 0 aromatic heterocycles. The van der Waals surface area contributed by atoms with Crippen LogP contribution in [0.2, 0.25) is 10.1 Å². The molecule has 366 valence electrons. The quantitative estimate of drug-likeness (QED) is 0.0587. The molecule has 0 amide bonds. The van der Waals surface area contributed by atoms with Crippen molar-refractivity contribution in [3.8, 4) is 22.6 Å². The fraction of sp³-hybridized carbons (Fsp3) is 0.333. The molecular formula is C60H70O8Si2. The van der Waals surface area contributed by atoms with Gasteiger partial charge < -0.3 is 37.3 Å². The van der Waals surface area contributed by atoms with Crippen LogP contribution in [0.4, 0.5) is 0 Å². The minimum absolute atomic E-state index is 0.186. The molecule has 0 spiro atoms. The van der Waals surface area contributed by atoms with Gasteiger partial charge in [-0.15, -0.1) is 0 Å². The van der Waals surface area contributed by atoms with Gasteiger partial charge in [0.1, 0.15) is 35.9 Å². The molecular weight excluding hydrogens is 905 g/mol. The summed E-state index contributed by atoms with van der Waals surface area (Å²) >= 11 is 0. The molecule has 8 nitrogen and oxygen atoms in total. The van der Waals surface area contributed by atoms with Gasteiger partial charge in [-0.05, 0) is 104 Å². The van der Waals surface area contributed by atoms with Gasteiger partial charge in [-0.25, -0.2) is 0 Å². The summed E-state index contributed by atoms with van der Waals surface area (Å²) in [5, 5.41) is 4.48. The first-order valence-corrected chi connectivity index (χ1v) is 28.6. The van der Waals surface area contributed by atoms with Crippen molar-refractivity contribution >= 4 is 37.4 Å². The van der Waals surface area contributed by atoms with E-state index < -0.39 is 53.6 Å². The third-order valence-corrected chi connectivity index (χ3v) is 23.3.